The first-order chi connectivity index (χ1) is 15.3. The minimum atomic E-state index is -0.816. The summed E-state index contributed by atoms with van der Waals surface area (Å²) in [7, 11) is 0. The van der Waals surface area contributed by atoms with Crippen LogP contribution in [0.1, 0.15) is 35.6 Å². The number of alkyl carbamates (subject to hydrolysis) is 1. The molecule has 2 bridgehead atoms. The van der Waals surface area contributed by atoms with Crippen LogP contribution in [0, 0.1) is 11.8 Å². The van der Waals surface area contributed by atoms with Crippen LogP contribution < -0.4 is 10.6 Å². The van der Waals surface area contributed by atoms with Crippen LogP contribution in [-0.4, -0.2) is 36.2 Å². The second-order valence-corrected chi connectivity index (χ2v) is 9.49. The van der Waals surface area contributed by atoms with Gasteiger partial charge in [0.2, 0.25) is 5.78 Å². The Morgan fingerprint density at radius 3 is 2.56 bits per heavy atom. The van der Waals surface area contributed by atoms with Crippen LogP contribution in [0.3, 0.4) is 0 Å². The summed E-state index contributed by atoms with van der Waals surface area (Å²) in [4.78, 5) is 52.4. The Hall–Kier alpha value is -3.00. The van der Waals surface area contributed by atoms with E-state index in [-0.39, 0.29) is 24.7 Å². The Morgan fingerprint density at radius 1 is 1.12 bits per heavy atom. The van der Waals surface area contributed by atoms with Crippen LogP contribution in [0.2, 0.25) is 0 Å². The zero-order valence-electron chi connectivity index (χ0n) is 18.3. The summed E-state index contributed by atoms with van der Waals surface area (Å²) in [6, 6.07) is 12.4. The Morgan fingerprint density at radius 2 is 1.84 bits per heavy atom. The van der Waals surface area contributed by atoms with Gasteiger partial charge >= 0.3 is 6.09 Å². The third-order valence-electron chi connectivity index (χ3n) is 5.36. The van der Waals surface area contributed by atoms with E-state index in [1.807, 2.05) is 56.3 Å². The van der Waals surface area contributed by atoms with Gasteiger partial charge in [-0.15, -0.1) is 11.3 Å². The molecule has 1 aromatic carbocycles. The molecule has 1 aromatic heterocycles. The van der Waals surface area contributed by atoms with Crippen LogP contribution in [0.4, 0.5) is 4.79 Å². The normalized spacial score (nSPS) is 17.4. The van der Waals surface area contributed by atoms with Gasteiger partial charge in [0.25, 0.3) is 5.91 Å². The molecule has 0 fully saturated rings. The van der Waals surface area contributed by atoms with Crippen molar-refractivity contribution in [2.24, 2.45) is 11.8 Å². The average Bonchev–Trinajstić information content (AvgIpc) is 3.21. The minimum absolute atomic E-state index is 0.0909. The minimum Gasteiger partial charge on any atom is -0.445 e. The third-order valence-corrected chi connectivity index (χ3v) is 6.53. The van der Waals surface area contributed by atoms with E-state index in [1.165, 1.54) is 0 Å². The van der Waals surface area contributed by atoms with Crippen molar-refractivity contribution in [3.05, 3.63) is 57.8 Å². The highest BCUT2D eigenvalue weighted by Crippen LogP contribution is 2.24. The number of hydrogen-bond donors (Lipinski definition) is 2. The number of Topliss-reactive ketones (excluding diaryl/α,β-unsaturated/α-hetero) is 2. The number of ether oxygens (including phenoxy) is 1. The van der Waals surface area contributed by atoms with Crippen molar-refractivity contribution in [1.29, 1.82) is 0 Å². The van der Waals surface area contributed by atoms with Crippen LogP contribution in [0.15, 0.2) is 42.5 Å². The van der Waals surface area contributed by atoms with Crippen molar-refractivity contribution in [1.82, 2.24) is 10.6 Å². The fourth-order valence-electron chi connectivity index (χ4n) is 3.62. The number of ketones is 2. The lowest BCUT2D eigenvalue weighted by Gasteiger charge is -2.23. The maximum atomic E-state index is 13.1. The Bertz CT molecular complexity index is 970. The van der Waals surface area contributed by atoms with Gasteiger partial charge in [-0.1, -0.05) is 44.2 Å². The van der Waals surface area contributed by atoms with Crippen molar-refractivity contribution >= 4 is 34.9 Å². The molecule has 0 saturated carbocycles. The molecule has 1 aliphatic rings. The molecule has 0 radical (unpaired) electrons. The predicted molar refractivity (Wildman–Crippen MR) is 121 cm³/mol. The average molecular weight is 457 g/mol. The molecule has 2 atom stereocenters. The fourth-order valence-corrected chi connectivity index (χ4v) is 4.72. The molecule has 3 rings (SSSR count). The number of carbonyl (C=O) groups excluding carboxylic acids is 4. The maximum Gasteiger partial charge on any atom is 0.408 e. The van der Waals surface area contributed by atoms with Gasteiger partial charge in [0.15, 0.2) is 5.78 Å². The summed E-state index contributed by atoms with van der Waals surface area (Å²) < 4.78 is 5.24. The van der Waals surface area contributed by atoms with Gasteiger partial charge < -0.3 is 15.4 Å². The molecule has 0 aliphatic carbocycles. The van der Waals surface area contributed by atoms with E-state index in [0.717, 1.165) is 15.3 Å². The molecule has 0 spiro atoms. The van der Waals surface area contributed by atoms with Gasteiger partial charge in [0.05, 0.1) is 6.04 Å². The standard InChI is InChI=1S/C24H28N2O5S/c1-15(2)21(26-24(30)31-14-16-6-4-3-5-7-16)20(27)13-17-12-19-9-8-18(32-19)10-11-25-23(29)22(17)28/h3-9,15,17,21H,10-14H2,1-2H3,(H,25,29)(H,26,30). The maximum absolute atomic E-state index is 13.1. The molecule has 8 heteroatoms. The molecule has 2 N–H and O–H groups in total. The summed E-state index contributed by atoms with van der Waals surface area (Å²) in [6.07, 6.45) is 0.184. The predicted octanol–water partition coefficient (Wildman–Crippen LogP) is 3.06. The summed E-state index contributed by atoms with van der Waals surface area (Å²) in [5, 5.41) is 5.27. The third kappa shape index (κ3) is 6.50. The fraction of sp³-hybridized carbons (Fsp3) is 0.417. The van der Waals surface area contributed by atoms with E-state index in [4.69, 9.17) is 4.74 Å². The second kappa shape index (κ2) is 11.0. The topological polar surface area (TPSA) is 102 Å². The number of benzene rings is 1. The molecule has 1 aliphatic heterocycles. The molecule has 32 heavy (non-hydrogen) atoms. The summed E-state index contributed by atoms with van der Waals surface area (Å²) >= 11 is 1.59. The zero-order chi connectivity index (χ0) is 23.1. The second-order valence-electron chi connectivity index (χ2n) is 8.24. The van der Waals surface area contributed by atoms with Crippen LogP contribution in [0.25, 0.3) is 0 Å². The number of carbonyl (C=O) groups is 4. The molecule has 2 amide bonds. The number of thiophene rings is 1. The summed E-state index contributed by atoms with van der Waals surface area (Å²) in [6.45, 7) is 4.10. The van der Waals surface area contributed by atoms with Crippen molar-refractivity contribution in [3.8, 4) is 0 Å². The number of amides is 2. The van der Waals surface area contributed by atoms with Gasteiger partial charge in [0, 0.05) is 28.6 Å². The van der Waals surface area contributed by atoms with E-state index >= 15 is 0 Å². The van der Waals surface area contributed by atoms with Gasteiger partial charge in [-0.05, 0) is 36.5 Å². The van der Waals surface area contributed by atoms with Crippen molar-refractivity contribution in [2.75, 3.05) is 6.54 Å². The van der Waals surface area contributed by atoms with Crippen molar-refractivity contribution < 1.29 is 23.9 Å². The van der Waals surface area contributed by atoms with Gasteiger partial charge in [-0.3, -0.25) is 14.4 Å². The quantitative estimate of drug-likeness (QED) is 0.624. The number of nitrogens with one attached hydrogen (secondary N) is 2. The lowest BCUT2D eigenvalue weighted by Crippen LogP contribution is -2.46. The van der Waals surface area contributed by atoms with Crippen LogP contribution >= 0.6 is 11.3 Å². The Balaban J connectivity index is 1.65. The molecule has 2 heterocycles. The molecular formula is C24H28N2O5S. The van der Waals surface area contributed by atoms with Crippen LogP contribution in [0.5, 0.6) is 0 Å². The van der Waals surface area contributed by atoms with E-state index in [0.29, 0.717) is 19.4 Å². The molecule has 170 valence electrons. The van der Waals surface area contributed by atoms with Crippen LogP contribution in [-0.2, 0) is 38.6 Å². The highest BCUT2D eigenvalue weighted by molar-refractivity contribution is 7.12. The first-order valence-corrected chi connectivity index (χ1v) is 11.5. The van der Waals surface area contributed by atoms with E-state index in [1.54, 1.807) is 11.3 Å². The highest BCUT2D eigenvalue weighted by atomic mass is 32.1. The summed E-state index contributed by atoms with van der Waals surface area (Å²) in [5.41, 5.74) is 0.837. The van der Waals surface area contributed by atoms with Gasteiger partial charge in [0.1, 0.15) is 6.61 Å². The molecule has 7 nitrogen and oxygen atoms in total. The molecule has 2 aromatic rings. The number of hydrogen-bond acceptors (Lipinski definition) is 6. The summed E-state index contributed by atoms with van der Waals surface area (Å²) in [5.74, 6) is -2.52. The lowest BCUT2D eigenvalue weighted by atomic mass is 9.88. The SMILES string of the molecule is CC(C)C(NC(=O)OCc1ccccc1)C(=O)CC1Cc2ccc(s2)CCNC(=O)C1=O. The molecule has 2 unspecified atom stereocenters. The Kier molecular flexibility index (Phi) is 8.16. The van der Waals surface area contributed by atoms with Gasteiger partial charge in [-0.25, -0.2) is 4.79 Å². The first-order valence-electron chi connectivity index (χ1n) is 10.7. The first kappa shape index (κ1) is 23.7. The van der Waals surface area contributed by atoms with Gasteiger partial charge in [-0.2, -0.15) is 0 Å². The molecular weight excluding hydrogens is 428 g/mol. The smallest absolute Gasteiger partial charge is 0.408 e. The molecule has 0 saturated heterocycles. The lowest BCUT2D eigenvalue weighted by molar-refractivity contribution is -0.141. The van der Waals surface area contributed by atoms with Crippen molar-refractivity contribution in [2.45, 2.75) is 45.8 Å². The van der Waals surface area contributed by atoms with E-state index in [2.05, 4.69) is 10.6 Å². The largest absolute Gasteiger partial charge is 0.445 e. The van der Waals surface area contributed by atoms with E-state index < -0.39 is 29.7 Å². The number of fused-ring (bicyclic) bond motifs is 2. The zero-order valence-corrected chi connectivity index (χ0v) is 19.1. The number of rotatable bonds is 7. The highest BCUT2D eigenvalue weighted by Gasteiger charge is 2.33. The van der Waals surface area contributed by atoms with E-state index in [9.17, 15) is 19.2 Å². The Labute approximate surface area is 191 Å². The monoisotopic (exact) mass is 456 g/mol. The van der Waals surface area contributed by atoms with Crippen molar-refractivity contribution in [3.63, 3.8) is 0 Å².